The van der Waals surface area contributed by atoms with Gasteiger partial charge in [0.15, 0.2) is 11.6 Å². The van der Waals surface area contributed by atoms with E-state index in [0.29, 0.717) is 11.3 Å². The van der Waals surface area contributed by atoms with Crippen LogP contribution in [0, 0.1) is 17.8 Å². The maximum Gasteiger partial charge on any atom is 0.342 e. The molecule has 5 N–H and O–H groups in total. The summed E-state index contributed by atoms with van der Waals surface area (Å²) in [6, 6.07) is 1.45. The first-order valence-electron chi connectivity index (χ1n) is 11.5. The number of rotatable bonds is 6. The molecule has 0 saturated heterocycles. The number of carbonyl (C=O) groups excluding carboxylic acids is 4. The van der Waals surface area contributed by atoms with Gasteiger partial charge in [0.05, 0.1) is 18.1 Å². The highest BCUT2D eigenvalue weighted by Crippen LogP contribution is 2.51. The number of primary amides is 1. The molecule has 36 heavy (non-hydrogen) atoms. The fourth-order valence-corrected chi connectivity index (χ4v) is 5.54. The van der Waals surface area contributed by atoms with Crippen molar-refractivity contribution in [3.05, 3.63) is 45.4 Å². The van der Waals surface area contributed by atoms with Gasteiger partial charge in [-0.15, -0.1) is 0 Å². The SMILES string of the molecule is COCCOC(=O)c1cc(N(C)C)c2c(c1O)C(=O)C1=C(O)C3C(=O)C(C(N)=O)=C(O)CC3CC1C2. The van der Waals surface area contributed by atoms with Crippen LogP contribution in [0.1, 0.15) is 39.1 Å². The molecule has 192 valence electrons. The van der Waals surface area contributed by atoms with Gasteiger partial charge in [0.25, 0.3) is 5.91 Å². The van der Waals surface area contributed by atoms with Crippen LogP contribution in [0.3, 0.4) is 0 Å². The first kappa shape index (κ1) is 25.2. The molecule has 0 aliphatic heterocycles. The number of aliphatic hydroxyl groups excluding tert-OH is 2. The second-order valence-electron chi connectivity index (χ2n) is 9.43. The number of ketones is 2. The summed E-state index contributed by atoms with van der Waals surface area (Å²) < 4.78 is 10.0. The molecule has 4 rings (SSSR count). The Morgan fingerprint density at radius 3 is 2.44 bits per heavy atom. The topological polar surface area (TPSA) is 177 Å². The molecule has 1 aromatic carbocycles. The van der Waals surface area contributed by atoms with Crippen LogP contribution in [0.5, 0.6) is 5.75 Å². The van der Waals surface area contributed by atoms with Crippen molar-refractivity contribution >= 4 is 29.1 Å². The minimum Gasteiger partial charge on any atom is -0.511 e. The van der Waals surface area contributed by atoms with Gasteiger partial charge in [-0.2, -0.15) is 0 Å². The molecule has 0 spiro atoms. The highest BCUT2D eigenvalue weighted by Gasteiger charge is 2.50. The number of hydrogen-bond acceptors (Lipinski definition) is 10. The van der Waals surface area contributed by atoms with E-state index in [-0.39, 0.29) is 49.2 Å². The number of anilines is 1. The predicted octanol–water partition coefficient (Wildman–Crippen LogP) is 1.33. The first-order chi connectivity index (χ1) is 17.0. The van der Waals surface area contributed by atoms with Crippen molar-refractivity contribution in [3.8, 4) is 5.75 Å². The van der Waals surface area contributed by atoms with Crippen LogP contribution in [0.25, 0.3) is 0 Å². The van der Waals surface area contributed by atoms with Crippen LogP contribution in [0.2, 0.25) is 0 Å². The van der Waals surface area contributed by atoms with E-state index in [1.807, 2.05) is 0 Å². The van der Waals surface area contributed by atoms with Gasteiger partial charge in [0.1, 0.15) is 35.0 Å². The summed E-state index contributed by atoms with van der Waals surface area (Å²) >= 11 is 0. The molecule has 0 fully saturated rings. The number of benzene rings is 1. The van der Waals surface area contributed by atoms with Crippen LogP contribution < -0.4 is 10.6 Å². The minimum atomic E-state index is -1.21. The third kappa shape index (κ3) is 3.89. The lowest BCUT2D eigenvalue weighted by Gasteiger charge is -2.41. The van der Waals surface area contributed by atoms with Gasteiger partial charge in [-0.3, -0.25) is 14.4 Å². The minimum absolute atomic E-state index is 0.0401. The number of methoxy groups -OCH3 is 1. The van der Waals surface area contributed by atoms with Crippen molar-refractivity contribution < 1.29 is 44.0 Å². The van der Waals surface area contributed by atoms with Gasteiger partial charge in [0, 0.05) is 38.9 Å². The summed E-state index contributed by atoms with van der Waals surface area (Å²) in [6.07, 6.45) is 0.484. The first-order valence-corrected chi connectivity index (χ1v) is 11.5. The summed E-state index contributed by atoms with van der Waals surface area (Å²) in [5, 5.41) is 32.4. The highest BCUT2D eigenvalue weighted by molar-refractivity contribution is 6.22. The Morgan fingerprint density at radius 2 is 1.83 bits per heavy atom. The lowest BCUT2D eigenvalue weighted by atomic mass is 9.62. The molecule has 11 heteroatoms. The number of carbonyl (C=O) groups is 4. The largest absolute Gasteiger partial charge is 0.511 e. The number of fused-ring (bicyclic) bond motifs is 3. The molecule has 0 aromatic heterocycles. The number of phenols is 1. The molecular weight excluding hydrogens is 472 g/mol. The lowest BCUT2D eigenvalue weighted by Crippen LogP contribution is -2.43. The average Bonchev–Trinajstić information content (AvgIpc) is 2.78. The Morgan fingerprint density at radius 1 is 1.14 bits per heavy atom. The quantitative estimate of drug-likeness (QED) is 0.253. The number of Topliss-reactive ketones (excluding diaryl/α,β-unsaturated/α-hetero) is 2. The van der Waals surface area contributed by atoms with E-state index in [9.17, 15) is 34.5 Å². The summed E-state index contributed by atoms with van der Waals surface area (Å²) in [6.45, 7) is 0.0894. The van der Waals surface area contributed by atoms with Crippen LogP contribution in [-0.2, 0) is 25.5 Å². The molecule has 3 aliphatic carbocycles. The Labute approximate surface area is 206 Å². The average molecular weight is 501 g/mol. The second kappa shape index (κ2) is 9.30. The van der Waals surface area contributed by atoms with Gasteiger partial charge in [-0.25, -0.2) is 4.79 Å². The maximum atomic E-state index is 13.7. The Hall–Kier alpha value is -3.86. The molecule has 1 amide bonds. The fourth-order valence-electron chi connectivity index (χ4n) is 5.54. The van der Waals surface area contributed by atoms with Gasteiger partial charge in [-0.05, 0) is 36.3 Å². The normalized spacial score (nSPS) is 23.1. The number of esters is 1. The third-order valence-electron chi connectivity index (χ3n) is 7.09. The maximum absolute atomic E-state index is 13.7. The third-order valence-corrected chi connectivity index (χ3v) is 7.09. The molecule has 0 saturated carbocycles. The highest BCUT2D eigenvalue weighted by atomic mass is 16.6. The van der Waals surface area contributed by atoms with E-state index in [0.717, 1.165) is 0 Å². The number of phenolic OH excluding ortho intramolecular Hbond substituents is 1. The molecular formula is C25H28N2O9. The molecule has 0 radical (unpaired) electrons. The molecule has 3 atom stereocenters. The molecule has 1 aromatic rings. The number of hydrogen-bond donors (Lipinski definition) is 4. The number of nitrogens with zero attached hydrogens (tertiary/aromatic N) is 1. The standard InChI is InChI=1S/C25H28N2O9/c1-27(2)14-9-13(25(34)36-5-4-35-3)20(29)18-12(14)7-10-6-11-8-15(28)19(24(26)33)23(32)17(11)21(30)16(10)22(18)31/h9-11,17,28-30H,4-8H2,1-3H3,(H2,26,33). The van der Waals surface area contributed by atoms with E-state index >= 15 is 0 Å². The summed E-state index contributed by atoms with van der Waals surface area (Å²) in [5.74, 6) is -7.24. The number of nitrogens with two attached hydrogens (primary N) is 1. The van der Waals surface area contributed by atoms with Crippen molar-refractivity contribution in [1.82, 2.24) is 0 Å². The molecule has 0 heterocycles. The van der Waals surface area contributed by atoms with Gasteiger partial charge in [0.2, 0.25) is 0 Å². The van der Waals surface area contributed by atoms with Crippen LogP contribution in [0.4, 0.5) is 5.69 Å². The molecule has 11 nitrogen and oxygen atoms in total. The monoisotopic (exact) mass is 500 g/mol. The van der Waals surface area contributed by atoms with E-state index < -0.39 is 64.0 Å². The van der Waals surface area contributed by atoms with Crippen LogP contribution >= 0.6 is 0 Å². The summed E-state index contributed by atoms with van der Waals surface area (Å²) in [4.78, 5) is 52.8. The summed E-state index contributed by atoms with van der Waals surface area (Å²) in [7, 11) is 4.90. The van der Waals surface area contributed by atoms with Crippen LogP contribution in [-0.4, -0.2) is 73.2 Å². The zero-order valence-electron chi connectivity index (χ0n) is 20.2. The molecule has 3 aliphatic rings. The Bertz CT molecular complexity index is 1240. The van der Waals surface area contributed by atoms with Crippen molar-refractivity contribution in [2.75, 3.05) is 39.3 Å². The van der Waals surface area contributed by atoms with Crippen molar-refractivity contribution in [1.29, 1.82) is 0 Å². The predicted molar refractivity (Wildman–Crippen MR) is 126 cm³/mol. The zero-order chi connectivity index (χ0) is 26.5. The van der Waals surface area contributed by atoms with Crippen molar-refractivity contribution in [3.63, 3.8) is 0 Å². The Balaban J connectivity index is 1.83. The zero-order valence-corrected chi connectivity index (χ0v) is 20.2. The number of aromatic hydroxyl groups is 1. The van der Waals surface area contributed by atoms with E-state index in [2.05, 4.69) is 0 Å². The van der Waals surface area contributed by atoms with E-state index in [4.69, 9.17) is 15.2 Å². The van der Waals surface area contributed by atoms with Crippen molar-refractivity contribution in [2.45, 2.75) is 19.3 Å². The van der Waals surface area contributed by atoms with Crippen molar-refractivity contribution in [2.24, 2.45) is 23.5 Å². The summed E-state index contributed by atoms with van der Waals surface area (Å²) in [5.41, 5.74) is 5.29. The Kier molecular flexibility index (Phi) is 6.52. The van der Waals surface area contributed by atoms with E-state index in [1.165, 1.54) is 13.2 Å². The number of amides is 1. The van der Waals surface area contributed by atoms with E-state index in [1.54, 1.807) is 19.0 Å². The number of aliphatic hydroxyl groups is 2. The molecule has 3 unspecified atom stereocenters. The van der Waals surface area contributed by atoms with Crippen LogP contribution in [0.15, 0.2) is 28.7 Å². The smallest absolute Gasteiger partial charge is 0.342 e. The second-order valence-corrected chi connectivity index (χ2v) is 9.43. The lowest BCUT2D eigenvalue weighted by molar-refractivity contribution is -0.126. The van der Waals surface area contributed by atoms with Gasteiger partial charge in [-0.1, -0.05) is 0 Å². The number of ether oxygens (including phenoxy) is 2. The fraction of sp³-hybridized carbons (Fsp3) is 0.440. The van der Waals surface area contributed by atoms with Gasteiger partial charge >= 0.3 is 5.97 Å². The molecule has 0 bridgehead atoms. The van der Waals surface area contributed by atoms with Gasteiger partial charge < -0.3 is 35.4 Å². The number of allylic oxidation sites excluding steroid dienone is 3.